The molecule has 5 rings (SSSR count). The van der Waals surface area contributed by atoms with Crippen molar-refractivity contribution in [3.63, 3.8) is 0 Å². The smallest absolute Gasteiger partial charge is 0.136 e. The Morgan fingerprint density at radius 2 is 1.91 bits per heavy atom. The molecule has 0 spiro atoms. The highest BCUT2D eigenvalue weighted by Crippen LogP contribution is 2.37. The highest BCUT2D eigenvalue weighted by molar-refractivity contribution is 5.48. The minimum Gasteiger partial charge on any atom is -0.399 e. The third kappa shape index (κ3) is 3.06. The van der Waals surface area contributed by atoms with Gasteiger partial charge < -0.3 is 10.6 Å². The first-order valence-corrected chi connectivity index (χ1v) is 8.21. The van der Waals surface area contributed by atoms with Crippen LogP contribution in [0.25, 0.3) is 0 Å². The van der Waals surface area contributed by atoms with Gasteiger partial charge in [-0.2, -0.15) is 5.10 Å². The summed E-state index contributed by atoms with van der Waals surface area (Å²) in [7, 11) is 0. The van der Waals surface area contributed by atoms with Crippen LogP contribution in [0.2, 0.25) is 0 Å². The molecule has 23 heavy (non-hydrogen) atoms. The molecule has 2 N–H and O–H groups in total. The van der Waals surface area contributed by atoms with Crippen LogP contribution in [0.5, 0.6) is 0 Å². The predicted octanol–water partition coefficient (Wildman–Crippen LogP) is 2.27. The van der Waals surface area contributed by atoms with Gasteiger partial charge in [-0.05, 0) is 68.1 Å². The molecule has 1 aromatic carbocycles. The van der Waals surface area contributed by atoms with Crippen molar-refractivity contribution < 1.29 is 0 Å². The summed E-state index contributed by atoms with van der Waals surface area (Å²) in [6.07, 6.45) is 2.59. The maximum atomic E-state index is 5.76. The van der Waals surface area contributed by atoms with E-state index >= 15 is 0 Å². The number of anilines is 1. The predicted molar refractivity (Wildman–Crippen MR) is 90.8 cm³/mol. The summed E-state index contributed by atoms with van der Waals surface area (Å²) in [6.45, 7) is 3.63. The minimum absolute atomic E-state index is 0.543. The van der Waals surface area contributed by atoms with Gasteiger partial charge in [-0.3, -0.25) is 0 Å². The molecule has 0 saturated carbocycles. The number of rotatable bonds is 1. The molecular weight excluding hydrogens is 284 g/mol. The van der Waals surface area contributed by atoms with Crippen molar-refractivity contribution >= 4 is 5.69 Å². The van der Waals surface area contributed by atoms with Gasteiger partial charge in [0, 0.05) is 23.7 Å². The van der Waals surface area contributed by atoms with E-state index in [-0.39, 0.29) is 0 Å². The molecule has 116 valence electrons. The molecule has 0 unspecified atom stereocenters. The number of nitrogens with zero attached hydrogens (tertiary/aromatic N) is 3. The summed E-state index contributed by atoms with van der Waals surface area (Å²) in [5, 5.41) is 8.75. The maximum Gasteiger partial charge on any atom is 0.136 e. The lowest BCUT2D eigenvalue weighted by molar-refractivity contribution is 0.0850. The minimum atomic E-state index is 0.543. The third-order valence-corrected chi connectivity index (χ3v) is 4.94. The molecular formula is C19H20N4. The molecule has 2 aromatic rings. The number of fused-ring (bicyclic) bond motifs is 3. The highest BCUT2D eigenvalue weighted by atomic mass is 15.2. The summed E-state index contributed by atoms with van der Waals surface area (Å²) in [6, 6.07) is 11.7. The van der Waals surface area contributed by atoms with Gasteiger partial charge in [-0.25, -0.2) is 0 Å². The van der Waals surface area contributed by atoms with E-state index in [0.29, 0.717) is 11.6 Å². The number of nitrogens with two attached hydrogens (primary N) is 1. The summed E-state index contributed by atoms with van der Waals surface area (Å²) in [5.41, 5.74) is 9.20. The number of benzene rings is 1. The first-order valence-electron chi connectivity index (χ1n) is 8.21. The van der Waals surface area contributed by atoms with E-state index in [1.54, 1.807) is 0 Å². The Hall–Kier alpha value is -2.38. The summed E-state index contributed by atoms with van der Waals surface area (Å²) in [4.78, 5) is 2.54. The molecule has 0 radical (unpaired) electrons. The molecule has 1 aromatic heterocycles. The Kier molecular flexibility index (Phi) is 3.72. The van der Waals surface area contributed by atoms with Crippen LogP contribution in [0.15, 0.2) is 36.4 Å². The van der Waals surface area contributed by atoms with E-state index < -0.39 is 0 Å². The van der Waals surface area contributed by atoms with Crippen LogP contribution in [0.1, 0.15) is 35.7 Å². The number of piperidine rings is 3. The Balaban J connectivity index is 1.50. The third-order valence-electron chi connectivity index (χ3n) is 4.94. The fraction of sp³-hybridized carbons (Fsp3) is 0.368. The zero-order valence-corrected chi connectivity index (χ0v) is 13.1. The van der Waals surface area contributed by atoms with Crippen LogP contribution in [-0.2, 0) is 0 Å². The zero-order valence-electron chi connectivity index (χ0n) is 13.1. The van der Waals surface area contributed by atoms with E-state index in [2.05, 4.69) is 33.0 Å². The van der Waals surface area contributed by atoms with E-state index in [1.807, 2.05) is 30.3 Å². The van der Waals surface area contributed by atoms with Crippen LogP contribution >= 0.6 is 0 Å². The van der Waals surface area contributed by atoms with E-state index in [1.165, 1.54) is 25.9 Å². The molecule has 1 atom stereocenters. The summed E-state index contributed by atoms with van der Waals surface area (Å²) >= 11 is 0. The second-order valence-corrected chi connectivity index (χ2v) is 6.46. The van der Waals surface area contributed by atoms with Crippen molar-refractivity contribution in [3.05, 3.63) is 53.3 Å². The summed E-state index contributed by atoms with van der Waals surface area (Å²) < 4.78 is 0. The standard InChI is InChI=1S/C19H20N4/c20-16-3-1-2-14(12-16)4-5-17-6-7-19(22-21-17)18-13-23-10-8-15(18)9-11-23/h1-3,6-7,12,15,18H,8-11,13,20H2/t18-/m1/s1. The van der Waals surface area contributed by atoms with Crippen molar-refractivity contribution in [2.75, 3.05) is 25.4 Å². The largest absolute Gasteiger partial charge is 0.399 e. The topological polar surface area (TPSA) is 55.0 Å². The summed E-state index contributed by atoms with van der Waals surface area (Å²) in [5.74, 6) is 7.47. The average molecular weight is 304 g/mol. The highest BCUT2D eigenvalue weighted by Gasteiger charge is 2.35. The second-order valence-electron chi connectivity index (χ2n) is 6.46. The van der Waals surface area contributed by atoms with Crippen molar-refractivity contribution in [2.24, 2.45) is 5.92 Å². The molecule has 0 amide bonds. The van der Waals surface area contributed by atoms with Crippen LogP contribution in [0, 0.1) is 17.8 Å². The van der Waals surface area contributed by atoms with Crippen molar-refractivity contribution in [2.45, 2.75) is 18.8 Å². The van der Waals surface area contributed by atoms with Crippen LogP contribution in [-0.4, -0.2) is 34.7 Å². The van der Waals surface area contributed by atoms with Crippen LogP contribution in [0.3, 0.4) is 0 Å². The van der Waals surface area contributed by atoms with Crippen LogP contribution in [0.4, 0.5) is 5.69 Å². The molecule has 0 aliphatic carbocycles. The number of hydrogen-bond donors (Lipinski definition) is 1. The van der Waals surface area contributed by atoms with E-state index in [4.69, 9.17) is 5.73 Å². The number of aromatic nitrogens is 2. The van der Waals surface area contributed by atoms with Gasteiger partial charge in [0.05, 0.1) is 5.69 Å². The van der Waals surface area contributed by atoms with Gasteiger partial charge in [-0.15, -0.1) is 5.10 Å². The van der Waals surface area contributed by atoms with Crippen LogP contribution < -0.4 is 5.73 Å². The normalized spacial score (nSPS) is 25.7. The second kappa shape index (κ2) is 6.02. The van der Waals surface area contributed by atoms with Gasteiger partial charge in [0.15, 0.2) is 0 Å². The first kappa shape index (κ1) is 14.2. The Labute approximate surface area is 136 Å². The van der Waals surface area contributed by atoms with Crippen molar-refractivity contribution in [1.29, 1.82) is 0 Å². The lowest BCUT2D eigenvalue weighted by atomic mass is 9.77. The fourth-order valence-electron chi connectivity index (χ4n) is 3.66. The Morgan fingerprint density at radius 1 is 1.04 bits per heavy atom. The Bertz CT molecular complexity index is 749. The maximum absolute atomic E-state index is 5.76. The zero-order chi connectivity index (χ0) is 15.6. The molecule has 3 saturated heterocycles. The molecule has 3 aliphatic rings. The molecule has 4 heteroatoms. The van der Waals surface area contributed by atoms with E-state index in [0.717, 1.165) is 29.4 Å². The van der Waals surface area contributed by atoms with Gasteiger partial charge in [0.1, 0.15) is 5.69 Å². The van der Waals surface area contributed by atoms with Gasteiger partial charge >= 0.3 is 0 Å². The Morgan fingerprint density at radius 3 is 2.57 bits per heavy atom. The molecule has 3 aliphatic heterocycles. The molecule has 3 fully saturated rings. The fourth-order valence-corrected chi connectivity index (χ4v) is 3.66. The first-order chi connectivity index (χ1) is 11.3. The lowest BCUT2D eigenvalue weighted by Crippen LogP contribution is -2.46. The quantitative estimate of drug-likeness (QED) is 0.648. The molecule has 2 bridgehead atoms. The average Bonchev–Trinajstić information content (AvgIpc) is 2.61. The number of nitrogen functional groups attached to an aromatic ring is 1. The monoisotopic (exact) mass is 304 g/mol. The van der Waals surface area contributed by atoms with Gasteiger partial charge in [0.2, 0.25) is 0 Å². The molecule has 4 nitrogen and oxygen atoms in total. The van der Waals surface area contributed by atoms with Crippen molar-refractivity contribution in [3.8, 4) is 11.8 Å². The van der Waals surface area contributed by atoms with Gasteiger partial charge in [-0.1, -0.05) is 12.0 Å². The number of hydrogen-bond acceptors (Lipinski definition) is 4. The van der Waals surface area contributed by atoms with Gasteiger partial charge in [0.25, 0.3) is 0 Å². The van der Waals surface area contributed by atoms with E-state index in [9.17, 15) is 0 Å². The van der Waals surface area contributed by atoms with Crippen molar-refractivity contribution in [1.82, 2.24) is 15.1 Å². The SMILES string of the molecule is Nc1cccc(C#Cc2ccc([C@@H]3CN4CCC3CC4)nn2)c1. The lowest BCUT2D eigenvalue weighted by Gasteiger charge is -2.44. The molecule has 4 heterocycles.